The molecule has 3 nitrogen and oxygen atoms in total. The number of halogens is 3. The highest BCUT2D eigenvalue weighted by molar-refractivity contribution is 6.12. The van der Waals surface area contributed by atoms with Crippen LogP contribution in [0, 0.1) is 0 Å². The molecule has 3 aromatic carbocycles. The van der Waals surface area contributed by atoms with Crippen LogP contribution in [0.2, 0.25) is 0 Å². The lowest BCUT2D eigenvalue weighted by Crippen LogP contribution is -2.43. The van der Waals surface area contributed by atoms with Gasteiger partial charge in [0.2, 0.25) is 0 Å². The summed E-state index contributed by atoms with van der Waals surface area (Å²) in [4.78, 5) is 14.5. The third-order valence-corrected chi connectivity index (χ3v) is 4.49. The van der Waals surface area contributed by atoms with Crippen molar-refractivity contribution in [2.75, 3.05) is 10.2 Å². The SMILES string of the molecule is O=C1c2ccccc2N[C@H](c2ccccc2)N1c1cccc(C(F)(F)F)c1. The number of hydrogen-bond donors (Lipinski definition) is 1. The summed E-state index contributed by atoms with van der Waals surface area (Å²) in [7, 11) is 0. The summed E-state index contributed by atoms with van der Waals surface area (Å²) in [5.74, 6) is -0.350. The van der Waals surface area contributed by atoms with E-state index in [9.17, 15) is 18.0 Å². The van der Waals surface area contributed by atoms with Crippen molar-refractivity contribution in [3.8, 4) is 0 Å². The predicted octanol–water partition coefficient (Wildman–Crippen LogP) is 5.48. The van der Waals surface area contributed by atoms with E-state index in [-0.39, 0.29) is 11.6 Å². The van der Waals surface area contributed by atoms with Crippen molar-refractivity contribution in [3.05, 3.63) is 95.6 Å². The van der Waals surface area contributed by atoms with Gasteiger partial charge in [-0.1, -0.05) is 48.5 Å². The Balaban J connectivity index is 1.86. The molecular weight excluding hydrogens is 353 g/mol. The van der Waals surface area contributed by atoms with Gasteiger partial charge in [-0.3, -0.25) is 9.69 Å². The van der Waals surface area contributed by atoms with Gasteiger partial charge in [0.05, 0.1) is 11.1 Å². The molecule has 6 heteroatoms. The van der Waals surface area contributed by atoms with Crippen molar-refractivity contribution >= 4 is 17.3 Å². The minimum atomic E-state index is -4.48. The number of amides is 1. The molecule has 1 heterocycles. The zero-order valence-electron chi connectivity index (χ0n) is 14.1. The molecule has 0 radical (unpaired) electrons. The molecule has 0 aliphatic carbocycles. The maximum atomic E-state index is 13.2. The maximum absolute atomic E-state index is 13.2. The van der Waals surface area contributed by atoms with Gasteiger partial charge in [0, 0.05) is 11.4 Å². The highest BCUT2D eigenvalue weighted by Gasteiger charge is 2.36. The second-order valence-corrected chi connectivity index (χ2v) is 6.23. The minimum Gasteiger partial charge on any atom is -0.360 e. The maximum Gasteiger partial charge on any atom is 0.416 e. The van der Waals surface area contributed by atoms with Gasteiger partial charge in [0.25, 0.3) is 5.91 Å². The number of carbonyl (C=O) groups excluding carboxylic acids is 1. The van der Waals surface area contributed by atoms with Crippen LogP contribution in [0.3, 0.4) is 0 Å². The Morgan fingerprint density at radius 1 is 0.852 bits per heavy atom. The molecule has 0 spiro atoms. The van der Waals surface area contributed by atoms with Crippen molar-refractivity contribution in [3.63, 3.8) is 0 Å². The minimum absolute atomic E-state index is 0.186. The van der Waals surface area contributed by atoms with Gasteiger partial charge in [-0.15, -0.1) is 0 Å². The Kier molecular flexibility index (Phi) is 4.11. The van der Waals surface area contributed by atoms with E-state index in [0.717, 1.165) is 17.7 Å². The van der Waals surface area contributed by atoms with E-state index in [4.69, 9.17) is 0 Å². The second kappa shape index (κ2) is 6.46. The quantitative estimate of drug-likeness (QED) is 0.650. The lowest BCUT2D eigenvalue weighted by molar-refractivity contribution is -0.137. The third kappa shape index (κ3) is 3.14. The molecule has 27 heavy (non-hydrogen) atoms. The number of alkyl halides is 3. The Morgan fingerprint density at radius 3 is 2.30 bits per heavy atom. The van der Waals surface area contributed by atoms with Crippen LogP contribution in [0.4, 0.5) is 24.5 Å². The van der Waals surface area contributed by atoms with Crippen molar-refractivity contribution < 1.29 is 18.0 Å². The molecule has 0 fully saturated rings. The molecule has 1 N–H and O–H groups in total. The largest absolute Gasteiger partial charge is 0.416 e. The number of carbonyl (C=O) groups is 1. The molecule has 0 unspecified atom stereocenters. The summed E-state index contributed by atoms with van der Waals surface area (Å²) in [5.41, 5.74) is 1.24. The van der Waals surface area contributed by atoms with Crippen LogP contribution < -0.4 is 10.2 Å². The van der Waals surface area contributed by atoms with Crippen LogP contribution in [-0.2, 0) is 6.18 Å². The standard InChI is InChI=1S/C21H15F3N2O/c22-21(23,24)15-9-6-10-16(13-15)26-19(14-7-2-1-3-8-14)25-18-12-5-4-11-17(18)20(26)27/h1-13,19,25H/t19-/m0/s1. The first-order chi connectivity index (χ1) is 12.9. The van der Waals surface area contributed by atoms with E-state index in [2.05, 4.69) is 5.32 Å². The normalized spacial score (nSPS) is 16.6. The van der Waals surface area contributed by atoms with E-state index in [0.29, 0.717) is 11.3 Å². The third-order valence-electron chi connectivity index (χ3n) is 4.49. The van der Waals surface area contributed by atoms with E-state index in [1.807, 2.05) is 30.3 Å². The Labute approximate surface area is 154 Å². The first-order valence-corrected chi connectivity index (χ1v) is 8.36. The number of anilines is 2. The van der Waals surface area contributed by atoms with Crippen LogP contribution in [0.1, 0.15) is 27.7 Å². The summed E-state index contributed by atoms with van der Waals surface area (Å²) in [6, 6.07) is 21.0. The van der Waals surface area contributed by atoms with Gasteiger partial charge >= 0.3 is 6.18 Å². The van der Waals surface area contributed by atoms with Crippen LogP contribution >= 0.6 is 0 Å². The second-order valence-electron chi connectivity index (χ2n) is 6.23. The van der Waals surface area contributed by atoms with E-state index in [1.54, 1.807) is 24.3 Å². The van der Waals surface area contributed by atoms with Gasteiger partial charge in [-0.25, -0.2) is 0 Å². The zero-order chi connectivity index (χ0) is 19.0. The van der Waals surface area contributed by atoms with Gasteiger partial charge < -0.3 is 5.32 Å². The van der Waals surface area contributed by atoms with E-state index < -0.39 is 17.9 Å². The summed E-state index contributed by atoms with van der Waals surface area (Å²) in [6.45, 7) is 0. The molecule has 1 aliphatic heterocycles. The molecule has 0 saturated carbocycles. The summed E-state index contributed by atoms with van der Waals surface area (Å²) in [6.07, 6.45) is -5.10. The molecule has 1 atom stereocenters. The first-order valence-electron chi connectivity index (χ1n) is 8.36. The molecule has 4 rings (SSSR count). The monoisotopic (exact) mass is 368 g/mol. The van der Waals surface area contributed by atoms with E-state index in [1.165, 1.54) is 17.0 Å². The topological polar surface area (TPSA) is 32.3 Å². The van der Waals surface area contributed by atoms with Gasteiger partial charge in [0.15, 0.2) is 0 Å². The predicted molar refractivity (Wildman–Crippen MR) is 97.5 cm³/mol. The van der Waals surface area contributed by atoms with Gasteiger partial charge in [0.1, 0.15) is 6.17 Å². The molecule has 1 aliphatic rings. The fourth-order valence-corrected chi connectivity index (χ4v) is 3.22. The molecule has 0 bridgehead atoms. The number of nitrogens with zero attached hydrogens (tertiary/aromatic N) is 1. The molecule has 3 aromatic rings. The van der Waals surface area contributed by atoms with Gasteiger partial charge in [-0.05, 0) is 35.9 Å². The zero-order valence-corrected chi connectivity index (χ0v) is 14.1. The average molecular weight is 368 g/mol. The number of benzene rings is 3. The number of nitrogens with one attached hydrogen (secondary N) is 1. The van der Waals surface area contributed by atoms with Crippen LogP contribution in [-0.4, -0.2) is 5.91 Å². The number of hydrogen-bond acceptors (Lipinski definition) is 2. The fourth-order valence-electron chi connectivity index (χ4n) is 3.22. The number of para-hydroxylation sites is 1. The summed E-state index contributed by atoms with van der Waals surface area (Å²) < 4.78 is 39.5. The summed E-state index contributed by atoms with van der Waals surface area (Å²) in [5, 5.41) is 3.27. The van der Waals surface area contributed by atoms with Crippen LogP contribution in [0.5, 0.6) is 0 Å². The van der Waals surface area contributed by atoms with Crippen molar-refractivity contribution in [1.29, 1.82) is 0 Å². The molecule has 136 valence electrons. The van der Waals surface area contributed by atoms with E-state index >= 15 is 0 Å². The van der Waals surface area contributed by atoms with Crippen molar-refractivity contribution in [1.82, 2.24) is 0 Å². The lowest BCUT2D eigenvalue weighted by Gasteiger charge is -2.38. The Hall–Kier alpha value is -3.28. The highest BCUT2D eigenvalue weighted by atomic mass is 19.4. The number of rotatable bonds is 2. The Morgan fingerprint density at radius 2 is 1.56 bits per heavy atom. The first kappa shape index (κ1) is 17.1. The molecule has 1 amide bonds. The lowest BCUT2D eigenvalue weighted by atomic mass is 10.0. The van der Waals surface area contributed by atoms with Crippen molar-refractivity contribution in [2.45, 2.75) is 12.3 Å². The molecular formula is C21H15F3N2O. The summed E-state index contributed by atoms with van der Waals surface area (Å²) >= 11 is 0. The van der Waals surface area contributed by atoms with Crippen molar-refractivity contribution in [2.24, 2.45) is 0 Å². The Bertz CT molecular complexity index is 986. The smallest absolute Gasteiger partial charge is 0.360 e. The van der Waals surface area contributed by atoms with Gasteiger partial charge in [-0.2, -0.15) is 13.2 Å². The number of fused-ring (bicyclic) bond motifs is 1. The highest BCUT2D eigenvalue weighted by Crippen LogP contribution is 2.38. The van der Waals surface area contributed by atoms with Crippen LogP contribution in [0.15, 0.2) is 78.9 Å². The molecule has 0 saturated heterocycles. The van der Waals surface area contributed by atoms with Crippen LogP contribution in [0.25, 0.3) is 0 Å². The molecule has 0 aromatic heterocycles. The fraction of sp³-hybridized carbons (Fsp3) is 0.0952. The average Bonchev–Trinajstić information content (AvgIpc) is 2.68.